The summed E-state index contributed by atoms with van der Waals surface area (Å²) < 4.78 is 24.6. The number of amides is 3. The Labute approximate surface area is 297 Å². The number of hydrogen-bond donors (Lipinski definition) is 4. The first-order valence-corrected chi connectivity index (χ1v) is 18.1. The summed E-state index contributed by atoms with van der Waals surface area (Å²) in [6.45, 7) is 6.23. The Morgan fingerprint density at radius 3 is 1.92 bits per heavy atom. The third-order valence-electron chi connectivity index (χ3n) is 8.49. The number of alkyl carbamates (subject to hydrolysis) is 1. The van der Waals surface area contributed by atoms with Crippen LogP contribution in [0.25, 0.3) is 0 Å². The number of methoxy groups -OCH3 is 1. The molecule has 0 fully saturated rings. The topological polar surface area (TPSA) is 160 Å². The predicted octanol–water partition coefficient (Wildman–Crippen LogP) is 6.79. The minimum absolute atomic E-state index is 0.00156. The zero-order valence-corrected chi connectivity index (χ0v) is 30.6. The highest BCUT2D eigenvalue weighted by Gasteiger charge is 2.30. The Morgan fingerprint density at radius 1 is 0.820 bits per heavy atom. The van der Waals surface area contributed by atoms with Crippen LogP contribution in [0, 0.1) is 11.8 Å². The molecule has 0 aromatic heterocycles. The van der Waals surface area contributed by atoms with Crippen LogP contribution in [0.4, 0.5) is 9.18 Å². The monoisotopic (exact) mass is 705 g/mol. The van der Waals surface area contributed by atoms with E-state index in [0.29, 0.717) is 6.42 Å². The second-order valence-corrected chi connectivity index (χ2v) is 13.1. The zero-order chi connectivity index (χ0) is 37.3. The molecular formula is C38H60FN3O8. The molecule has 1 rings (SSSR count). The maximum Gasteiger partial charge on any atom is 0.408 e. The van der Waals surface area contributed by atoms with Crippen LogP contribution in [0.1, 0.15) is 117 Å². The molecule has 0 heterocycles. The van der Waals surface area contributed by atoms with Crippen molar-refractivity contribution in [3.63, 3.8) is 0 Å². The van der Waals surface area contributed by atoms with Gasteiger partial charge in [-0.25, -0.2) is 4.79 Å². The smallest absolute Gasteiger partial charge is 0.408 e. The van der Waals surface area contributed by atoms with Crippen LogP contribution in [-0.4, -0.2) is 66.7 Å². The Balaban J connectivity index is 2.72. The van der Waals surface area contributed by atoms with Crippen LogP contribution in [0.3, 0.4) is 0 Å². The minimum atomic E-state index is -1.49. The van der Waals surface area contributed by atoms with Crippen molar-refractivity contribution in [2.45, 2.75) is 136 Å². The molecular weight excluding hydrogens is 645 g/mol. The fourth-order valence-electron chi connectivity index (χ4n) is 5.42. The molecule has 0 radical (unpaired) electrons. The summed E-state index contributed by atoms with van der Waals surface area (Å²) in [5, 5.41) is 16.8. The number of aliphatic carboxylic acids is 1. The number of ketones is 1. The number of unbranched alkanes of at least 4 members (excludes halogenated alkanes) is 10. The van der Waals surface area contributed by atoms with Crippen LogP contribution in [-0.2, 0) is 35.3 Å². The first-order chi connectivity index (χ1) is 23.9. The van der Waals surface area contributed by atoms with Gasteiger partial charge in [-0.15, -0.1) is 0 Å². The Hall–Kier alpha value is -3.96. The number of carboxylic acid groups (broad SMARTS) is 1. The fourth-order valence-corrected chi connectivity index (χ4v) is 5.42. The maximum atomic E-state index is 14.0. The molecule has 0 spiro atoms. The molecule has 12 heteroatoms. The largest absolute Gasteiger partial charge is 0.501 e. The molecule has 282 valence electrons. The molecule has 0 saturated heterocycles. The lowest BCUT2D eigenvalue weighted by Crippen LogP contribution is -2.56. The highest BCUT2D eigenvalue weighted by Crippen LogP contribution is 2.22. The van der Waals surface area contributed by atoms with Crippen molar-refractivity contribution < 1.29 is 42.9 Å². The molecule has 1 aromatic carbocycles. The third kappa shape index (κ3) is 18.7. The van der Waals surface area contributed by atoms with E-state index < -0.39 is 66.8 Å². The van der Waals surface area contributed by atoms with Crippen molar-refractivity contribution >= 4 is 29.7 Å². The third-order valence-corrected chi connectivity index (χ3v) is 8.49. The number of benzene rings is 1. The summed E-state index contributed by atoms with van der Waals surface area (Å²) in [7, 11) is 1.32. The van der Waals surface area contributed by atoms with E-state index >= 15 is 0 Å². The quantitative estimate of drug-likeness (QED) is 0.0442. The summed E-state index contributed by atoms with van der Waals surface area (Å²) in [4.78, 5) is 63.2. The van der Waals surface area contributed by atoms with Crippen molar-refractivity contribution in [1.29, 1.82) is 0 Å². The summed E-state index contributed by atoms with van der Waals surface area (Å²) in [6, 6.07) is 5.28. The number of halogens is 1. The van der Waals surface area contributed by atoms with E-state index in [1.807, 2.05) is 6.07 Å². The maximum absolute atomic E-state index is 14.0. The van der Waals surface area contributed by atoms with Gasteiger partial charge in [0.2, 0.25) is 11.8 Å². The van der Waals surface area contributed by atoms with Gasteiger partial charge in [-0.3, -0.25) is 23.6 Å². The molecule has 0 aliphatic rings. The first kappa shape index (κ1) is 44.1. The van der Waals surface area contributed by atoms with Crippen molar-refractivity contribution in [3.8, 4) is 0 Å². The second kappa shape index (κ2) is 25.9. The molecule has 3 amide bonds. The standard InChI is InChI=1S/C38H60FN3O8/c1-6-7-8-9-10-11-12-13-14-15-19-22-30(25-39)33(49-5)24-32(43)31(23-34(44)45)41-36(46)28(4)40-37(47)35(27(2)3)42-38(48)50-26-29-20-17-16-18-21-29/h16-18,20-21,24,27-28,30-31,35H,6-15,19,22-23,25-26H2,1-5H3,(H,40,47)(H,41,46)(H,42,48)(H,44,45)/t28-,30?,31-,35-/m0/s1. The highest BCUT2D eigenvalue weighted by atomic mass is 19.1. The van der Waals surface area contributed by atoms with E-state index in [-0.39, 0.29) is 18.3 Å². The van der Waals surface area contributed by atoms with Crippen LogP contribution in [0.15, 0.2) is 42.2 Å². The number of alkyl halides is 1. The van der Waals surface area contributed by atoms with Gasteiger partial charge in [0.15, 0.2) is 5.78 Å². The molecule has 0 aliphatic carbocycles. The molecule has 0 saturated carbocycles. The van der Waals surface area contributed by atoms with E-state index in [2.05, 4.69) is 22.9 Å². The van der Waals surface area contributed by atoms with Crippen molar-refractivity contribution in [2.24, 2.45) is 11.8 Å². The van der Waals surface area contributed by atoms with Crippen molar-refractivity contribution in [3.05, 3.63) is 47.7 Å². The minimum Gasteiger partial charge on any atom is -0.501 e. The number of nitrogens with one attached hydrogen (secondary N) is 3. The number of ether oxygens (including phenoxy) is 2. The van der Waals surface area contributed by atoms with Crippen molar-refractivity contribution in [2.75, 3.05) is 13.8 Å². The Kier molecular flexibility index (Phi) is 22.9. The molecule has 1 aromatic rings. The fraction of sp³-hybridized carbons (Fsp3) is 0.658. The molecule has 11 nitrogen and oxygen atoms in total. The van der Waals surface area contributed by atoms with Gasteiger partial charge in [0.1, 0.15) is 30.5 Å². The van der Waals surface area contributed by atoms with E-state index in [1.165, 1.54) is 59.0 Å². The molecule has 0 bridgehead atoms. The Morgan fingerprint density at radius 2 is 1.40 bits per heavy atom. The van der Waals surface area contributed by atoms with Crippen molar-refractivity contribution in [1.82, 2.24) is 16.0 Å². The number of carbonyl (C=O) groups is 5. The first-order valence-electron chi connectivity index (χ1n) is 18.1. The molecule has 4 atom stereocenters. The van der Waals surface area contributed by atoms with Crippen LogP contribution in [0.2, 0.25) is 0 Å². The van der Waals surface area contributed by atoms with E-state index in [1.54, 1.807) is 38.1 Å². The highest BCUT2D eigenvalue weighted by molar-refractivity contribution is 6.00. The lowest BCUT2D eigenvalue weighted by atomic mass is 9.97. The van der Waals surface area contributed by atoms with Gasteiger partial charge < -0.3 is 30.5 Å². The lowest BCUT2D eigenvalue weighted by Gasteiger charge is -2.24. The Bertz CT molecular complexity index is 1190. The number of carbonyl (C=O) groups excluding carboxylic acids is 4. The van der Waals surface area contributed by atoms with Crippen LogP contribution < -0.4 is 16.0 Å². The number of allylic oxidation sites excluding steroid dienone is 1. The number of hydrogen-bond acceptors (Lipinski definition) is 7. The van der Waals surface area contributed by atoms with E-state index in [0.717, 1.165) is 37.3 Å². The van der Waals surface area contributed by atoms with Crippen LogP contribution in [0.5, 0.6) is 0 Å². The van der Waals surface area contributed by atoms with Gasteiger partial charge in [-0.2, -0.15) is 0 Å². The van der Waals surface area contributed by atoms with Gasteiger partial charge in [0.25, 0.3) is 0 Å². The predicted molar refractivity (Wildman–Crippen MR) is 191 cm³/mol. The SMILES string of the molecule is CCCCCCCCCCCCCC(CF)C(=CC(=O)[C@H](CC(=O)O)NC(=O)[C@H](C)NC(=O)[C@@H](NC(=O)OCc1ccccc1)C(C)C)OC. The number of carboxylic acids is 1. The van der Waals surface area contributed by atoms with E-state index in [4.69, 9.17) is 9.47 Å². The zero-order valence-electron chi connectivity index (χ0n) is 30.6. The van der Waals surface area contributed by atoms with Gasteiger partial charge in [-0.05, 0) is 24.8 Å². The van der Waals surface area contributed by atoms with Crippen LogP contribution >= 0.6 is 0 Å². The van der Waals surface area contributed by atoms with Gasteiger partial charge in [-0.1, -0.05) is 122 Å². The summed E-state index contributed by atoms with van der Waals surface area (Å²) in [6.07, 6.45) is 12.6. The summed E-state index contributed by atoms with van der Waals surface area (Å²) >= 11 is 0. The van der Waals surface area contributed by atoms with E-state index in [9.17, 15) is 33.5 Å². The average molecular weight is 706 g/mol. The summed E-state index contributed by atoms with van der Waals surface area (Å²) in [5.74, 6) is -4.56. The average Bonchev–Trinajstić information content (AvgIpc) is 3.09. The second-order valence-electron chi connectivity index (χ2n) is 13.1. The van der Waals surface area contributed by atoms with Gasteiger partial charge >= 0.3 is 12.1 Å². The molecule has 0 aliphatic heterocycles. The molecule has 1 unspecified atom stereocenters. The normalized spacial score (nSPS) is 13.9. The lowest BCUT2D eigenvalue weighted by molar-refractivity contribution is -0.140. The summed E-state index contributed by atoms with van der Waals surface area (Å²) in [5.41, 5.74) is 0.765. The molecule has 50 heavy (non-hydrogen) atoms. The molecule has 4 N–H and O–H groups in total. The van der Waals surface area contributed by atoms with Gasteiger partial charge in [0.05, 0.1) is 20.2 Å². The van der Waals surface area contributed by atoms with Gasteiger partial charge in [0, 0.05) is 12.0 Å². The number of rotatable bonds is 27.